The fourth-order valence-corrected chi connectivity index (χ4v) is 3.53. The molecule has 2 amide bonds. The zero-order chi connectivity index (χ0) is 19.2. The highest BCUT2D eigenvalue weighted by atomic mass is 19.1. The monoisotopic (exact) mass is 369 g/mol. The second-order valence-corrected chi connectivity index (χ2v) is 7.46. The SMILES string of the molecule is Cc1ccc(C)c(CN2CCC(CNC(=O)Nc3ccccc3F)CC2)c1. The second-order valence-electron chi connectivity index (χ2n) is 7.46. The van der Waals surface area contributed by atoms with Gasteiger partial charge < -0.3 is 10.6 Å². The summed E-state index contributed by atoms with van der Waals surface area (Å²) < 4.78 is 13.6. The molecule has 5 heteroatoms. The van der Waals surface area contributed by atoms with Crippen LogP contribution in [0.15, 0.2) is 42.5 Å². The molecule has 4 nitrogen and oxygen atoms in total. The van der Waals surface area contributed by atoms with Crippen molar-refractivity contribution in [3.8, 4) is 0 Å². The highest BCUT2D eigenvalue weighted by Crippen LogP contribution is 2.20. The third-order valence-corrected chi connectivity index (χ3v) is 5.28. The predicted molar refractivity (Wildman–Crippen MR) is 107 cm³/mol. The third kappa shape index (κ3) is 5.54. The molecule has 1 aliphatic rings. The number of amides is 2. The van der Waals surface area contributed by atoms with Gasteiger partial charge in [-0.05, 0) is 69.0 Å². The van der Waals surface area contributed by atoms with E-state index >= 15 is 0 Å². The molecule has 0 radical (unpaired) electrons. The van der Waals surface area contributed by atoms with Gasteiger partial charge in [-0.25, -0.2) is 9.18 Å². The maximum absolute atomic E-state index is 13.6. The number of anilines is 1. The van der Waals surface area contributed by atoms with E-state index in [2.05, 4.69) is 47.6 Å². The van der Waals surface area contributed by atoms with Crippen molar-refractivity contribution in [2.75, 3.05) is 25.0 Å². The van der Waals surface area contributed by atoms with Crippen molar-refractivity contribution >= 4 is 11.7 Å². The minimum atomic E-state index is -0.424. The van der Waals surface area contributed by atoms with Gasteiger partial charge in [0, 0.05) is 13.1 Å². The molecule has 0 saturated carbocycles. The topological polar surface area (TPSA) is 44.4 Å². The lowest BCUT2D eigenvalue weighted by Gasteiger charge is -2.32. The van der Waals surface area contributed by atoms with E-state index in [4.69, 9.17) is 0 Å². The second kappa shape index (κ2) is 9.00. The standard InChI is InChI=1S/C22H28FN3O/c1-16-7-8-17(2)19(13-16)15-26-11-9-18(10-12-26)14-24-22(27)25-21-6-4-3-5-20(21)23/h3-8,13,18H,9-12,14-15H2,1-2H3,(H2,24,25,27). The number of hydrogen-bond donors (Lipinski definition) is 2. The molecule has 144 valence electrons. The van der Waals surface area contributed by atoms with Crippen LogP contribution in [0, 0.1) is 25.6 Å². The molecule has 0 atom stereocenters. The first-order chi connectivity index (χ1) is 13.0. The van der Waals surface area contributed by atoms with E-state index in [1.807, 2.05) is 0 Å². The van der Waals surface area contributed by atoms with Gasteiger partial charge in [0.25, 0.3) is 0 Å². The Morgan fingerprint density at radius 3 is 2.63 bits per heavy atom. The van der Waals surface area contributed by atoms with Crippen LogP contribution < -0.4 is 10.6 Å². The highest BCUT2D eigenvalue weighted by molar-refractivity contribution is 5.89. The lowest BCUT2D eigenvalue weighted by atomic mass is 9.96. The molecule has 27 heavy (non-hydrogen) atoms. The van der Waals surface area contributed by atoms with Crippen LogP contribution >= 0.6 is 0 Å². The van der Waals surface area contributed by atoms with Crippen molar-refractivity contribution in [3.63, 3.8) is 0 Å². The molecule has 0 aliphatic carbocycles. The van der Waals surface area contributed by atoms with Gasteiger partial charge in [-0.15, -0.1) is 0 Å². The minimum absolute atomic E-state index is 0.207. The van der Waals surface area contributed by atoms with Crippen LogP contribution in [0.2, 0.25) is 0 Å². The molecule has 1 saturated heterocycles. The molecule has 0 spiro atoms. The number of halogens is 1. The number of urea groups is 1. The first kappa shape index (κ1) is 19.4. The van der Waals surface area contributed by atoms with Crippen LogP contribution in [0.1, 0.15) is 29.5 Å². The number of carbonyl (C=O) groups is 1. The largest absolute Gasteiger partial charge is 0.338 e. The van der Waals surface area contributed by atoms with E-state index in [9.17, 15) is 9.18 Å². The van der Waals surface area contributed by atoms with Gasteiger partial charge in [0.15, 0.2) is 0 Å². The average Bonchev–Trinajstić information content (AvgIpc) is 2.66. The number of nitrogens with zero attached hydrogens (tertiary/aromatic N) is 1. The van der Waals surface area contributed by atoms with Crippen molar-refractivity contribution < 1.29 is 9.18 Å². The zero-order valence-corrected chi connectivity index (χ0v) is 16.1. The minimum Gasteiger partial charge on any atom is -0.338 e. The van der Waals surface area contributed by atoms with Crippen LogP contribution in [-0.2, 0) is 6.54 Å². The maximum atomic E-state index is 13.6. The highest BCUT2D eigenvalue weighted by Gasteiger charge is 2.20. The van der Waals surface area contributed by atoms with Crippen LogP contribution in [0.25, 0.3) is 0 Å². The van der Waals surface area contributed by atoms with Crippen molar-refractivity contribution in [2.24, 2.45) is 5.92 Å². The Kier molecular flexibility index (Phi) is 6.45. The number of aryl methyl sites for hydroxylation is 2. The van der Waals surface area contributed by atoms with E-state index in [0.29, 0.717) is 12.5 Å². The number of para-hydroxylation sites is 1. The fourth-order valence-electron chi connectivity index (χ4n) is 3.53. The van der Waals surface area contributed by atoms with Gasteiger partial charge in [0.1, 0.15) is 5.82 Å². The fraction of sp³-hybridized carbons (Fsp3) is 0.409. The molecule has 2 aromatic rings. The maximum Gasteiger partial charge on any atom is 0.319 e. The van der Waals surface area contributed by atoms with E-state index < -0.39 is 5.82 Å². The molecule has 1 fully saturated rings. The Morgan fingerprint density at radius 2 is 1.89 bits per heavy atom. The Balaban J connectivity index is 1.41. The number of hydrogen-bond acceptors (Lipinski definition) is 2. The normalized spacial score (nSPS) is 15.5. The molecule has 2 N–H and O–H groups in total. The Hall–Kier alpha value is -2.40. The van der Waals surface area contributed by atoms with Gasteiger partial charge in [0.2, 0.25) is 0 Å². The Labute approximate surface area is 160 Å². The summed E-state index contributed by atoms with van der Waals surface area (Å²) in [4.78, 5) is 14.5. The number of nitrogens with one attached hydrogen (secondary N) is 2. The van der Waals surface area contributed by atoms with Gasteiger partial charge in [-0.2, -0.15) is 0 Å². The predicted octanol–water partition coefficient (Wildman–Crippen LogP) is 4.48. The first-order valence-electron chi connectivity index (χ1n) is 9.59. The summed E-state index contributed by atoms with van der Waals surface area (Å²) >= 11 is 0. The quantitative estimate of drug-likeness (QED) is 0.816. The first-order valence-corrected chi connectivity index (χ1v) is 9.59. The molecular formula is C22H28FN3O. The number of likely N-dealkylation sites (tertiary alicyclic amines) is 1. The van der Waals surface area contributed by atoms with Crippen LogP contribution in [0.4, 0.5) is 14.9 Å². The molecular weight excluding hydrogens is 341 g/mol. The third-order valence-electron chi connectivity index (χ3n) is 5.28. The van der Waals surface area contributed by atoms with Gasteiger partial charge in [-0.3, -0.25) is 4.90 Å². The lowest BCUT2D eigenvalue weighted by Crippen LogP contribution is -2.39. The number of carbonyl (C=O) groups excluding carboxylic acids is 1. The Morgan fingerprint density at radius 1 is 1.15 bits per heavy atom. The zero-order valence-electron chi connectivity index (χ0n) is 16.1. The number of benzene rings is 2. The van der Waals surface area contributed by atoms with Crippen LogP contribution in [0.3, 0.4) is 0 Å². The van der Waals surface area contributed by atoms with Crippen molar-refractivity contribution in [3.05, 3.63) is 65.0 Å². The van der Waals surface area contributed by atoms with E-state index in [1.54, 1.807) is 18.2 Å². The summed E-state index contributed by atoms with van der Waals surface area (Å²) in [5, 5.41) is 5.44. The Bertz CT molecular complexity index is 785. The molecule has 3 rings (SSSR count). The molecule has 1 aliphatic heterocycles. The van der Waals surface area contributed by atoms with E-state index in [1.165, 1.54) is 22.8 Å². The van der Waals surface area contributed by atoms with Crippen LogP contribution in [0.5, 0.6) is 0 Å². The van der Waals surface area contributed by atoms with E-state index in [-0.39, 0.29) is 11.7 Å². The van der Waals surface area contributed by atoms with Crippen molar-refractivity contribution in [2.45, 2.75) is 33.2 Å². The summed E-state index contributed by atoms with van der Waals surface area (Å²) in [5.41, 5.74) is 4.25. The van der Waals surface area contributed by atoms with Crippen LogP contribution in [-0.4, -0.2) is 30.6 Å². The number of rotatable bonds is 5. The summed E-state index contributed by atoms with van der Waals surface area (Å²) in [7, 11) is 0. The van der Waals surface area contributed by atoms with Gasteiger partial charge in [-0.1, -0.05) is 35.9 Å². The summed E-state index contributed by atoms with van der Waals surface area (Å²) in [6.07, 6.45) is 2.12. The van der Waals surface area contributed by atoms with Gasteiger partial charge >= 0.3 is 6.03 Å². The number of piperidine rings is 1. The molecule has 1 heterocycles. The smallest absolute Gasteiger partial charge is 0.319 e. The molecule has 0 bridgehead atoms. The molecule has 0 aromatic heterocycles. The molecule has 2 aromatic carbocycles. The summed E-state index contributed by atoms with van der Waals surface area (Å²) in [5.74, 6) is 0.0404. The van der Waals surface area contributed by atoms with Crippen molar-refractivity contribution in [1.29, 1.82) is 0 Å². The lowest BCUT2D eigenvalue weighted by molar-refractivity contribution is 0.175. The average molecular weight is 369 g/mol. The summed E-state index contributed by atoms with van der Waals surface area (Å²) in [6.45, 7) is 7.98. The van der Waals surface area contributed by atoms with Gasteiger partial charge in [0.05, 0.1) is 5.69 Å². The molecule has 0 unspecified atom stereocenters. The summed E-state index contributed by atoms with van der Waals surface area (Å²) in [6, 6.07) is 12.5. The van der Waals surface area contributed by atoms with E-state index in [0.717, 1.165) is 32.5 Å². The van der Waals surface area contributed by atoms with Crippen molar-refractivity contribution in [1.82, 2.24) is 10.2 Å².